The maximum Gasteiger partial charge on any atom is 0.166 e. The first-order valence-corrected chi connectivity index (χ1v) is 9.27. The van der Waals surface area contributed by atoms with Gasteiger partial charge in [-0.25, -0.2) is 4.98 Å². The molecule has 1 aromatic carbocycles. The first kappa shape index (κ1) is 19.1. The summed E-state index contributed by atoms with van der Waals surface area (Å²) in [6.07, 6.45) is 0. The number of nitrogens with zero attached hydrogens (tertiary/aromatic N) is 2. The quantitative estimate of drug-likeness (QED) is 0.656. The van der Waals surface area contributed by atoms with Crippen LogP contribution in [0, 0.1) is 13.8 Å². The number of aromatic amines is 1. The normalized spacial score (nSPS) is 10.3. The Hall–Kier alpha value is -2.21. The molecule has 3 aromatic rings. The number of thioether (sulfide) groups is 1. The fourth-order valence-corrected chi connectivity index (χ4v) is 3.36. The van der Waals surface area contributed by atoms with Crippen LogP contribution in [0.5, 0.6) is 11.5 Å². The molecule has 0 amide bonds. The molecule has 0 aliphatic heterocycles. The molecule has 0 unspecified atom stereocenters. The van der Waals surface area contributed by atoms with Crippen molar-refractivity contribution < 1.29 is 9.47 Å². The van der Waals surface area contributed by atoms with Crippen LogP contribution in [0.15, 0.2) is 29.4 Å². The van der Waals surface area contributed by atoms with Crippen molar-refractivity contribution in [1.82, 2.24) is 15.0 Å². The second kappa shape index (κ2) is 8.76. The Morgan fingerprint density at radius 1 is 1.04 bits per heavy atom. The predicted octanol–water partition coefficient (Wildman–Crippen LogP) is 4.91. The van der Waals surface area contributed by atoms with Crippen molar-refractivity contribution in [2.24, 2.45) is 0 Å². The molecule has 0 spiro atoms. The third-order valence-corrected chi connectivity index (χ3v) is 4.52. The maximum atomic E-state index is 5.36. The largest absolute Gasteiger partial charge is 0.497 e. The summed E-state index contributed by atoms with van der Waals surface area (Å²) in [5, 5.41) is 0.876. The molecule has 0 saturated heterocycles. The van der Waals surface area contributed by atoms with Crippen molar-refractivity contribution in [1.29, 1.82) is 0 Å². The summed E-state index contributed by atoms with van der Waals surface area (Å²) in [7, 11) is 3.33. The lowest BCUT2D eigenvalue weighted by Gasteiger charge is -2.09. The highest BCUT2D eigenvalue weighted by Gasteiger charge is 2.09. The van der Waals surface area contributed by atoms with Gasteiger partial charge >= 0.3 is 0 Å². The van der Waals surface area contributed by atoms with Crippen LogP contribution in [-0.4, -0.2) is 29.2 Å². The van der Waals surface area contributed by atoms with Gasteiger partial charge in [0, 0.05) is 11.8 Å². The van der Waals surface area contributed by atoms with Gasteiger partial charge in [0.2, 0.25) is 0 Å². The highest BCUT2D eigenvalue weighted by atomic mass is 32.2. The zero-order valence-electron chi connectivity index (χ0n) is 15.6. The van der Waals surface area contributed by atoms with Crippen LogP contribution in [-0.2, 0) is 5.75 Å². The topological polar surface area (TPSA) is 60.0 Å². The first-order chi connectivity index (χ1) is 12.1. The molecule has 0 radical (unpaired) electrons. The van der Waals surface area contributed by atoms with E-state index in [-0.39, 0.29) is 0 Å². The van der Waals surface area contributed by atoms with E-state index in [0.29, 0.717) is 0 Å². The van der Waals surface area contributed by atoms with E-state index in [1.165, 1.54) is 0 Å². The number of imidazole rings is 1. The van der Waals surface area contributed by atoms with Crippen molar-refractivity contribution in [3.63, 3.8) is 0 Å². The Bertz CT molecular complexity index is 823. The second-order valence-electron chi connectivity index (χ2n) is 5.26. The summed E-state index contributed by atoms with van der Waals surface area (Å²) in [6, 6.07) is 7.88. The second-order valence-corrected chi connectivity index (χ2v) is 6.23. The maximum absolute atomic E-state index is 5.36. The average Bonchev–Trinajstić information content (AvgIpc) is 3.03. The molecule has 0 aliphatic rings. The molecule has 0 atom stereocenters. The molecule has 0 fully saturated rings. The molecule has 0 aliphatic carbocycles. The van der Waals surface area contributed by atoms with Crippen molar-refractivity contribution in [3.05, 3.63) is 41.2 Å². The van der Waals surface area contributed by atoms with Gasteiger partial charge in [0.1, 0.15) is 11.5 Å². The fourth-order valence-electron chi connectivity index (χ4n) is 2.58. The highest BCUT2D eigenvalue weighted by Crippen LogP contribution is 2.27. The number of benzene rings is 1. The van der Waals surface area contributed by atoms with Gasteiger partial charge in [0.05, 0.1) is 36.6 Å². The zero-order valence-corrected chi connectivity index (χ0v) is 16.5. The van der Waals surface area contributed by atoms with E-state index in [9.17, 15) is 0 Å². The molecule has 2 aromatic heterocycles. The van der Waals surface area contributed by atoms with Crippen molar-refractivity contribution in [2.45, 2.75) is 38.6 Å². The third kappa shape index (κ3) is 4.45. The lowest BCUT2D eigenvalue weighted by Crippen LogP contribution is -1.98. The Morgan fingerprint density at radius 2 is 1.80 bits per heavy atom. The highest BCUT2D eigenvalue weighted by molar-refractivity contribution is 7.98. The van der Waals surface area contributed by atoms with Gasteiger partial charge in [-0.05, 0) is 37.6 Å². The van der Waals surface area contributed by atoms with Gasteiger partial charge in [-0.2, -0.15) is 0 Å². The Balaban J connectivity index is 0.00000109. The summed E-state index contributed by atoms with van der Waals surface area (Å²) < 4.78 is 10.6. The number of rotatable bonds is 5. The Labute approximate surface area is 153 Å². The number of aromatic nitrogens is 3. The van der Waals surface area contributed by atoms with E-state index in [2.05, 4.69) is 21.0 Å². The number of ether oxygens (including phenoxy) is 2. The molecule has 0 saturated carbocycles. The van der Waals surface area contributed by atoms with Gasteiger partial charge in [0.15, 0.2) is 5.16 Å². The van der Waals surface area contributed by atoms with Gasteiger partial charge < -0.3 is 14.5 Å². The van der Waals surface area contributed by atoms with Crippen LogP contribution in [0.1, 0.15) is 30.8 Å². The van der Waals surface area contributed by atoms with E-state index in [4.69, 9.17) is 9.47 Å². The number of pyridine rings is 1. The summed E-state index contributed by atoms with van der Waals surface area (Å²) in [5.41, 5.74) is 4.94. The Kier molecular flexibility index (Phi) is 6.70. The minimum Gasteiger partial charge on any atom is -0.497 e. The lowest BCUT2D eigenvalue weighted by atomic mass is 10.2. The number of nitrogens with one attached hydrogen (secondary N) is 1. The summed E-state index contributed by atoms with van der Waals surface area (Å²) in [4.78, 5) is 12.5. The molecular weight excluding hydrogens is 334 g/mol. The van der Waals surface area contributed by atoms with Crippen molar-refractivity contribution in [3.8, 4) is 11.5 Å². The van der Waals surface area contributed by atoms with Crippen molar-refractivity contribution >= 4 is 22.8 Å². The summed E-state index contributed by atoms with van der Waals surface area (Å²) in [6.45, 7) is 8.00. The molecule has 5 nitrogen and oxygen atoms in total. The lowest BCUT2D eigenvalue weighted by molar-refractivity contribution is 0.405. The minimum atomic E-state index is 0.753. The van der Waals surface area contributed by atoms with Crippen LogP contribution in [0.25, 0.3) is 11.0 Å². The summed E-state index contributed by atoms with van der Waals surface area (Å²) >= 11 is 1.63. The first-order valence-electron chi connectivity index (χ1n) is 8.28. The average molecular weight is 359 g/mol. The van der Waals surface area contributed by atoms with Gasteiger partial charge in [-0.1, -0.05) is 25.6 Å². The molecule has 2 heterocycles. The number of methoxy groups -OCH3 is 2. The number of hydrogen-bond acceptors (Lipinski definition) is 5. The van der Waals surface area contributed by atoms with Gasteiger partial charge in [-0.15, -0.1) is 0 Å². The molecule has 134 valence electrons. The van der Waals surface area contributed by atoms with Crippen LogP contribution >= 0.6 is 11.8 Å². The fraction of sp³-hybridized carbons (Fsp3) is 0.368. The number of aryl methyl sites for hydroxylation is 2. The third-order valence-electron chi connectivity index (χ3n) is 3.61. The molecular formula is C19H25N3O2S. The zero-order chi connectivity index (χ0) is 18.4. The molecule has 0 bridgehead atoms. The molecule has 6 heteroatoms. The summed E-state index contributed by atoms with van der Waals surface area (Å²) in [5.74, 6) is 2.43. The Morgan fingerprint density at radius 3 is 2.44 bits per heavy atom. The number of hydrogen-bond donors (Lipinski definition) is 1. The standard InChI is InChI=1S/C17H19N3O2S.C2H6/c1-10-7-12(18-11(2)16(10)22-4)9-23-17-19-14-6-5-13(21-3)8-15(14)20-17;1-2/h5-8H,9H2,1-4H3,(H,19,20);1-2H3. The molecule has 1 N–H and O–H groups in total. The van der Waals surface area contributed by atoms with Gasteiger partial charge in [0.25, 0.3) is 0 Å². The van der Waals surface area contributed by atoms with E-state index in [1.54, 1.807) is 26.0 Å². The predicted molar refractivity (Wildman–Crippen MR) is 104 cm³/mol. The monoisotopic (exact) mass is 359 g/mol. The SMILES string of the molecule is CC.COc1ccc2nc(SCc3cc(C)c(OC)c(C)n3)[nH]c2c1. The van der Waals surface area contributed by atoms with E-state index >= 15 is 0 Å². The molecule has 25 heavy (non-hydrogen) atoms. The minimum absolute atomic E-state index is 0.753. The van der Waals surface area contributed by atoms with E-state index in [1.807, 2.05) is 45.9 Å². The van der Waals surface area contributed by atoms with Crippen LogP contribution < -0.4 is 9.47 Å². The van der Waals surface area contributed by atoms with Crippen molar-refractivity contribution in [2.75, 3.05) is 14.2 Å². The van der Waals surface area contributed by atoms with Crippen LogP contribution in [0.2, 0.25) is 0 Å². The smallest absolute Gasteiger partial charge is 0.166 e. The van der Waals surface area contributed by atoms with Crippen LogP contribution in [0.4, 0.5) is 0 Å². The number of H-pyrrole nitrogens is 1. The van der Waals surface area contributed by atoms with E-state index in [0.717, 1.165) is 50.4 Å². The molecule has 3 rings (SSSR count). The van der Waals surface area contributed by atoms with Gasteiger partial charge in [-0.3, -0.25) is 4.98 Å². The number of fused-ring (bicyclic) bond motifs is 1. The van der Waals surface area contributed by atoms with Crippen LogP contribution in [0.3, 0.4) is 0 Å². The van der Waals surface area contributed by atoms with E-state index < -0.39 is 0 Å².